The largest absolute Gasteiger partial charge is 0.396 e. The first kappa shape index (κ1) is 13.3. The van der Waals surface area contributed by atoms with Crippen molar-refractivity contribution >= 4 is 0 Å². The van der Waals surface area contributed by atoms with Crippen molar-refractivity contribution in [2.24, 2.45) is 5.92 Å². The summed E-state index contributed by atoms with van der Waals surface area (Å²) in [6.45, 7) is 6.24. The van der Waals surface area contributed by atoms with Gasteiger partial charge in [-0.1, -0.05) is 19.8 Å². The molecule has 1 aliphatic carbocycles. The molecule has 1 saturated carbocycles. The molecule has 3 nitrogen and oxygen atoms in total. The topological polar surface area (TPSA) is 26.7 Å². The fraction of sp³-hybridized carbons (Fsp3) is 1.00. The van der Waals surface area contributed by atoms with Gasteiger partial charge in [0, 0.05) is 38.3 Å². The molecule has 0 aromatic rings. The summed E-state index contributed by atoms with van der Waals surface area (Å²) in [4.78, 5) is 5.16. The lowest BCUT2D eigenvalue weighted by Gasteiger charge is -2.36. The van der Waals surface area contributed by atoms with Crippen LogP contribution in [0.4, 0.5) is 0 Å². The normalized spacial score (nSPS) is 34.1. The van der Waals surface area contributed by atoms with Crippen LogP contribution in [0.2, 0.25) is 0 Å². The van der Waals surface area contributed by atoms with Crippen LogP contribution in [0.5, 0.6) is 0 Å². The summed E-state index contributed by atoms with van der Waals surface area (Å²) in [5.41, 5.74) is 0. The van der Waals surface area contributed by atoms with E-state index in [0.717, 1.165) is 24.9 Å². The average molecular weight is 240 g/mol. The summed E-state index contributed by atoms with van der Waals surface area (Å²) in [5.74, 6) is 0.754. The quantitative estimate of drug-likeness (QED) is 0.811. The Kier molecular flexibility index (Phi) is 4.83. The molecule has 0 spiro atoms. The molecule has 0 bridgehead atoms. The van der Waals surface area contributed by atoms with Gasteiger partial charge in [-0.2, -0.15) is 0 Å². The molecule has 3 heteroatoms. The molecule has 1 aliphatic heterocycles. The minimum atomic E-state index is 0.329. The SMILES string of the molecule is CC1CN(C)CC(CCO)N(C2CCCC2)C1. The Hall–Kier alpha value is -0.120. The van der Waals surface area contributed by atoms with Crippen LogP contribution in [0.3, 0.4) is 0 Å². The molecule has 1 N–H and O–H groups in total. The van der Waals surface area contributed by atoms with Crippen LogP contribution in [0, 0.1) is 5.92 Å². The minimum Gasteiger partial charge on any atom is -0.396 e. The van der Waals surface area contributed by atoms with E-state index in [0.29, 0.717) is 12.6 Å². The van der Waals surface area contributed by atoms with Crippen LogP contribution in [-0.2, 0) is 0 Å². The molecule has 2 atom stereocenters. The van der Waals surface area contributed by atoms with Crippen LogP contribution < -0.4 is 0 Å². The van der Waals surface area contributed by atoms with E-state index in [4.69, 9.17) is 0 Å². The predicted octanol–water partition coefficient (Wildman–Crippen LogP) is 1.56. The maximum Gasteiger partial charge on any atom is 0.0446 e. The minimum absolute atomic E-state index is 0.329. The second-order valence-electron chi connectivity index (χ2n) is 6.13. The Balaban J connectivity index is 2.05. The zero-order chi connectivity index (χ0) is 12.3. The molecule has 2 aliphatic rings. The first-order valence-electron chi connectivity index (χ1n) is 7.26. The number of aliphatic hydroxyl groups is 1. The van der Waals surface area contributed by atoms with E-state index in [1.54, 1.807) is 0 Å². The first-order chi connectivity index (χ1) is 8.20. The summed E-state index contributed by atoms with van der Waals surface area (Å²) in [6, 6.07) is 1.36. The van der Waals surface area contributed by atoms with Crippen molar-refractivity contribution in [3.63, 3.8) is 0 Å². The third kappa shape index (κ3) is 3.43. The zero-order valence-electron chi connectivity index (χ0n) is 11.4. The molecule has 0 amide bonds. The van der Waals surface area contributed by atoms with Gasteiger partial charge in [0.05, 0.1) is 0 Å². The maximum atomic E-state index is 9.28. The van der Waals surface area contributed by atoms with Crippen molar-refractivity contribution in [3.05, 3.63) is 0 Å². The van der Waals surface area contributed by atoms with E-state index < -0.39 is 0 Å². The van der Waals surface area contributed by atoms with Crippen LogP contribution in [-0.4, -0.2) is 60.3 Å². The Morgan fingerprint density at radius 2 is 1.82 bits per heavy atom. The average Bonchev–Trinajstić information content (AvgIpc) is 2.74. The summed E-state index contributed by atoms with van der Waals surface area (Å²) in [6.07, 6.45) is 6.48. The van der Waals surface area contributed by atoms with Gasteiger partial charge in [0.15, 0.2) is 0 Å². The third-order valence-corrected chi connectivity index (χ3v) is 4.39. The fourth-order valence-corrected chi connectivity index (χ4v) is 3.73. The lowest BCUT2D eigenvalue weighted by molar-refractivity contribution is 0.103. The number of hydrogen-bond acceptors (Lipinski definition) is 3. The molecule has 17 heavy (non-hydrogen) atoms. The monoisotopic (exact) mass is 240 g/mol. The van der Waals surface area contributed by atoms with Gasteiger partial charge < -0.3 is 10.0 Å². The number of rotatable bonds is 3. The highest BCUT2D eigenvalue weighted by Crippen LogP contribution is 2.28. The van der Waals surface area contributed by atoms with Gasteiger partial charge in [-0.15, -0.1) is 0 Å². The highest BCUT2D eigenvalue weighted by atomic mass is 16.3. The lowest BCUT2D eigenvalue weighted by atomic mass is 10.1. The van der Waals surface area contributed by atoms with Crippen molar-refractivity contribution < 1.29 is 5.11 Å². The molecule has 1 heterocycles. The predicted molar refractivity (Wildman–Crippen MR) is 71.1 cm³/mol. The van der Waals surface area contributed by atoms with E-state index in [1.165, 1.54) is 38.8 Å². The summed E-state index contributed by atoms with van der Waals surface area (Å²) < 4.78 is 0. The van der Waals surface area contributed by atoms with Gasteiger partial charge in [-0.05, 0) is 32.2 Å². The molecular weight excluding hydrogens is 212 g/mol. The molecule has 2 rings (SSSR count). The Morgan fingerprint density at radius 3 is 2.47 bits per heavy atom. The van der Waals surface area contributed by atoms with Gasteiger partial charge in [0.25, 0.3) is 0 Å². The van der Waals surface area contributed by atoms with E-state index in [2.05, 4.69) is 23.8 Å². The zero-order valence-corrected chi connectivity index (χ0v) is 11.4. The lowest BCUT2D eigenvalue weighted by Crippen LogP contribution is -2.46. The van der Waals surface area contributed by atoms with E-state index >= 15 is 0 Å². The number of hydrogen-bond donors (Lipinski definition) is 1. The molecular formula is C14H28N2O. The van der Waals surface area contributed by atoms with E-state index in [-0.39, 0.29) is 0 Å². The highest BCUT2D eigenvalue weighted by molar-refractivity contribution is 4.88. The number of nitrogens with zero attached hydrogens (tertiary/aromatic N) is 2. The van der Waals surface area contributed by atoms with Crippen LogP contribution in [0.25, 0.3) is 0 Å². The van der Waals surface area contributed by atoms with Crippen molar-refractivity contribution in [2.75, 3.05) is 33.3 Å². The van der Waals surface area contributed by atoms with Crippen molar-refractivity contribution in [1.29, 1.82) is 0 Å². The van der Waals surface area contributed by atoms with Gasteiger partial charge in [0.2, 0.25) is 0 Å². The maximum absolute atomic E-state index is 9.28. The smallest absolute Gasteiger partial charge is 0.0446 e. The molecule has 2 unspecified atom stereocenters. The molecule has 0 aromatic carbocycles. The standard InChI is InChI=1S/C14H28N2O/c1-12-9-15(2)11-14(7-8-17)16(10-12)13-5-3-4-6-13/h12-14,17H,3-11H2,1-2H3. The van der Waals surface area contributed by atoms with Crippen molar-refractivity contribution in [3.8, 4) is 0 Å². The fourth-order valence-electron chi connectivity index (χ4n) is 3.73. The van der Waals surface area contributed by atoms with E-state index in [1.807, 2.05) is 0 Å². The van der Waals surface area contributed by atoms with Gasteiger partial charge >= 0.3 is 0 Å². The van der Waals surface area contributed by atoms with Crippen molar-refractivity contribution in [2.45, 2.75) is 51.1 Å². The van der Waals surface area contributed by atoms with Crippen LogP contribution in [0.1, 0.15) is 39.0 Å². The second-order valence-corrected chi connectivity index (χ2v) is 6.13. The Labute approximate surface area is 106 Å². The third-order valence-electron chi connectivity index (χ3n) is 4.39. The Bertz CT molecular complexity index is 228. The number of aliphatic hydroxyl groups excluding tert-OH is 1. The van der Waals surface area contributed by atoms with Crippen LogP contribution >= 0.6 is 0 Å². The Morgan fingerprint density at radius 1 is 1.12 bits per heavy atom. The van der Waals surface area contributed by atoms with Crippen LogP contribution in [0.15, 0.2) is 0 Å². The van der Waals surface area contributed by atoms with Gasteiger partial charge in [0.1, 0.15) is 0 Å². The highest BCUT2D eigenvalue weighted by Gasteiger charge is 2.32. The van der Waals surface area contributed by atoms with Crippen molar-refractivity contribution in [1.82, 2.24) is 9.80 Å². The van der Waals surface area contributed by atoms with E-state index in [9.17, 15) is 5.11 Å². The first-order valence-corrected chi connectivity index (χ1v) is 7.26. The molecule has 0 radical (unpaired) electrons. The molecule has 2 fully saturated rings. The summed E-state index contributed by atoms with van der Waals surface area (Å²) in [5, 5.41) is 9.28. The van der Waals surface area contributed by atoms with Gasteiger partial charge in [-0.3, -0.25) is 4.90 Å². The molecule has 0 aromatic heterocycles. The second kappa shape index (κ2) is 6.17. The van der Waals surface area contributed by atoms with Gasteiger partial charge in [-0.25, -0.2) is 0 Å². The summed E-state index contributed by atoms with van der Waals surface area (Å²) >= 11 is 0. The summed E-state index contributed by atoms with van der Waals surface area (Å²) in [7, 11) is 2.22. The molecule has 1 saturated heterocycles. The molecule has 100 valence electrons. The number of likely N-dealkylation sites (N-methyl/N-ethyl adjacent to an activating group) is 1.